The topological polar surface area (TPSA) is 56.5 Å². The summed E-state index contributed by atoms with van der Waals surface area (Å²) in [6.45, 7) is 1.60. The maximum absolute atomic E-state index is 10.1. The van der Waals surface area contributed by atoms with Gasteiger partial charge in [-0.2, -0.15) is 5.26 Å². The van der Waals surface area contributed by atoms with Crippen LogP contribution in [-0.2, 0) is 6.54 Å². The fourth-order valence-corrected chi connectivity index (χ4v) is 3.13. The van der Waals surface area contributed by atoms with Crippen molar-refractivity contribution < 1.29 is 9.84 Å². The van der Waals surface area contributed by atoms with E-state index in [2.05, 4.69) is 18.0 Å². The summed E-state index contributed by atoms with van der Waals surface area (Å²) in [7, 11) is 3.70. The summed E-state index contributed by atoms with van der Waals surface area (Å²) < 4.78 is 5.37. The van der Waals surface area contributed by atoms with Crippen molar-refractivity contribution in [2.45, 2.75) is 38.3 Å². The summed E-state index contributed by atoms with van der Waals surface area (Å²) in [5.41, 5.74) is 1.67. The van der Waals surface area contributed by atoms with Gasteiger partial charge in [0.2, 0.25) is 0 Å². The van der Waals surface area contributed by atoms with E-state index in [0.29, 0.717) is 11.5 Å². The highest BCUT2D eigenvalue weighted by molar-refractivity contribution is 5.42. The third-order valence-corrected chi connectivity index (χ3v) is 4.26. The van der Waals surface area contributed by atoms with E-state index in [-0.39, 0.29) is 6.10 Å². The number of methoxy groups -OCH3 is 1. The van der Waals surface area contributed by atoms with Gasteiger partial charge < -0.3 is 14.7 Å². The molecule has 2 unspecified atom stereocenters. The van der Waals surface area contributed by atoms with Crippen LogP contribution in [0.2, 0.25) is 0 Å². The Labute approximate surface area is 127 Å². The van der Waals surface area contributed by atoms with Crippen LogP contribution >= 0.6 is 0 Å². The first-order valence-electron chi connectivity index (χ1n) is 7.57. The van der Waals surface area contributed by atoms with Gasteiger partial charge in [0.15, 0.2) is 0 Å². The maximum atomic E-state index is 10.1. The number of aliphatic hydroxyl groups is 1. The third-order valence-electron chi connectivity index (χ3n) is 4.26. The minimum Gasteiger partial charge on any atom is -0.496 e. The quantitative estimate of drug-likeness (QED) is 0.904. The van der Waals surface area contributed by atoms with Gasteiger partial charge in [-0.1, -0.05) is 12.8 Å². The molecule has 114 valence electrons. The van der Waals surface area contributed by atoms with Crippen molar-refractivity contribution in [2.24, 2.45) is 5.92 Å². The Hall–Kier alpha value is -1.57. The van der Waals surface area contributed by atoms with Gasteiger partial charge in [-0.3, -0.25) is 0 Å². The van der Waals surface area contributed by atoms with Gasteiger partial charge >= 0.3 is 0 Å². The molecule has 4 heteroatoms. The Balaban J connectivity index is 2.01. The van der Waals surface area contributed by atoms with Gasteiger partial charge in [-0.15, -0.1) is 0 Å². The minimum atomic E-state index is -0.173. The van der Waals surface area contributed by atoms with E-state index >= 15 is 0 Å². The Kier molecular flexibility index (Phi) is 5.60. The van der Waals surface area contributed by atoms with E-state index in [4.69, 9.17) is 10.00 Å². The lowest BCUT2D eigenvalue weighted by Gasteiger charge is -2.31. The second-order valence-electron chi connectivity index (χ2n) is 5.95. The smallest absolute Gasteiger partial charge is 0.123 e. The van der Waals surface area contributed by atoms with E-state index in [1.165, 1.54) is 6.42 Å². The highest BCUT2D eigenvalue weighted by Crippen LogP contribution is 2.26. The van der Waals surface area contributed by atoms with Gasteiger partial charge in [0, 0.05) is 18.7 Å². The first-order valence-corrected chi connectivity index (χ1v) is 7.57. The summed E-state index contributed by atoms with van der Waals surface area (Å²) in [6, 6.07) is 7.66. The van der Waals surface area contributed by atoms with Crippen molar-refractivity contribution in [3.05, 3.63) is 29.3 Å². The van der Waals surface area contributed by atoms with Crippen LogP contribution in [0.25, 0.3) is 0 Å². The molecule has 1 aromatic rings. The lowest BCUT2D eigenvalue weighted by Crippen LogP contribution is -2.34. The molecule has 1 aliphatic rings. The van der Waals surface area contributed by atoms with Crippen molar-refractivity contribution in [3.63, 3.8) is 0 Å². The molecule has 0 saturated heterocycles. The summed E-state index contributed by atoms with van der Waals surface area (Å²) >= 11 is 0. The predicted octanol–water partition coefficient (Wildman–Crippen LogP) is 2.55. The summed E-state index contributed by atoms with van der Waals surface area (Å²) in [5, 5.41) is 19.1. The Morgan fingerprint density at radius 2 is 2.14 bits per heavy atom. The number of nitrogens with zero attached hydrogens (tertiary/aromatic N) is 2. The van der Waals surface area contributed by atoms with E-state index in [9.17, 15) is 5.11 Å². The highest BCUT2D eigenvalue weighted by atomic mass is 16.5. The van der Waals surface area contributed by atoms with Crippen molar-refractivity contribution in [1.82, 2.24) is 4.90 Å². The molecule has 0 spiro atoms. The zero-order valence-corrected chi connectivity index (χ0v) is 12.9. The average Bonchev–Trinajstić information content (AvgIpc) is 2.49. The van der Waals surface area contributed by atoms with Crippen LogP contribution in [0.5, 0.6) is 5.75 Å². The minimum absolute atomic E-state index is 0.173. The molecule has 0 radical (unpaired) electrons. The Bertz CT molecular complexity index is 510. The second kappa shape index (κ2) is 7.44. The number of hydrogen-bond donors (Lipinski definition) is 1. The predicted molar refractivity (Wildman–Crippen MR) is 82.0 cm³/mol. The number of nitriles is 1. The lowest BCUT2D eigenvalue weighted by atomic mass is 9.86. The van der Waals surface area contributed by atoms with Gasteiger partial charge in [-0.05, 0) is 44.0 Å². The molecule has 0 aliphatic heterocycles. The summed E-state index contributed by atoms with van der Waals surface area (Å²) in [5.74, 6) is 1.17. The molecule has 0 heterocycles. The highest BCUT2D eigenvalue weighted by Gasteiger charge is 2.24. The normalized spacial score (nSPS) is 22.0. The van der Waals surface area contributed by atoms with Gasteiger partial charge in [0.05, 0.1) is 24.8 Å². The van der Waals surface area contributed by atoms with Crippen LogP contribution in [0, 0.1) is 17.2 Å². The SMILES string of the molecule is COc1ccc(C#N)cc1CN(C)CC1CCCCC1O. The number of aliphatic hydroxyl groups excluding tert-OH is 1. The molecule has 0 bridgehead atoms. The summed E-state index contributed by atoms with van der Waals surface area (Å²) in [4.78, 5) is 2.21. The fraction of sp³-hybridized carbons (Fsp3) is 0.588. The van der Waals surface area contributed by atoms with Crippen molar-refractivity contribution in [1.29, 1.82) is 5.26 Å². The molecule has 2 rings (SSSR count). The van der Waals surface area contributed by atoms with E-state index in [0.717, 1.165) is 43.7 Å². The second-order valence-corrected chi connectivity index (χ2v) is 5.95. The maximum Gasteiger partial charge on any atom is 0.123 e. The first-order chi connectivity index (χ1) is 10.1. The molecule has 21 heavy (non-hydrogen) atoms. The van der Waals surface area contributed by atoms with Crippen LogP contribution in [-0.4, -0.2) is 36.8 Å². The van der Waals surface area contributed by atoms with E-state index in [1.54, 1.807) is 13.2 Å². The monoisotopic (exact) mass is 288 g/mol. The molecule has 0 aromatic heterocycles. The molecule has 1 N–H and O–H groups in total. The molecule has 2 atom stereocenters. The van der Waals surface area contributed by atoms with Gasteiger partial charge in [-0.25, -0.2) is 0 Å². The third kappa shape index (κ3) is 4.20. The number of rotatable bonds is 5. The zero-order valence-electron chi connectivity index (χ0n) is 12.9. The standard InChI is InChI=1S/C17H24N2O2/c1-19(11-14-5-3-4-6-16(14)20)12-15-9-13(10-18)7-8-17(15)21-2/h7-9,14,16,20H,3-6,11-12H2,1-2H3. The largest absolute Gasteiger partial charge is 0.496 e. The van der Waals surface area contributed by atoms with E-state index in [1.807, 2.05) is 12.1 Å². The molecular formula is C17H24N2O2. The molecule has 1 saturated carbocycles. The molecule has 1 aromatic carbocycles. The Morgan fingerprint density at radius 3 is 2.81 bits per heavy atom. The molecule has 0 amide bonds. The average molecular weight is 288 g/mol. The van der Waals surface area contributed by atoms with Gasteiger partial charge in [0.1, 0.15) is 5.75 Å². The molecule has 4 nitrogen and oxygen atoms in total. The first kappa shape index (κ1) is 15.8. The number of hydrogen-bond acceptors (Lipinski definition) is 4. The van der Waals surface area contributed by atoms with Crippen molar-refractivity contribution in [2.75, 3.05) is 20.7 Å². The van der Waals surface area contributed by atoms with E-state index < -0.39 is 0 Å². The van der Waals surface area contributed by atoms with Crippen LogP contribution in [0.15, 0.2) is 18.2 Å². The van der Waals surface area contributed by atoms with Crippen LogP contribution in [0.3, 0.4) is 0 Å². The summed E-state index contributed by atoms with van der Waals surface area (Å²) in [6.07, 6.45) is 4.20. The van der Waals surface area contributed by atoms with Crippen LogP contribution < -0.4 is 4.74 Å². The molecular weight excluding hydrogens is 264 g/mol. The van der Waals surface area contributed by atoms with Gasteiger partial charge in [0.25, 0.3) is 0 Å². The number of ether oxygens (including phenoxy) is 1. The van der Waals surface area contributed by atoms with Crippen molar-refractivity contribution in [3.8, 4) is 11.8 Å². The lowest BCUT2D eigenvalue weighted by molar-refractivity contribution is 0.0500. The molecule has 1 fully saturated rings. The van der Waals surface area contributed by atoms with Crippen LogP contribution in [0.4, 0.5) is 0 Å². The fourth-order valence-electron chi connectivity index (χ4n) is 3.13. The number of benzene rings is 1. The van der Waals surface area contributed by atoms with Crippen LogP contribution in [0.1, 0.15) is 36.8 Å². The molecule has 1 aliphatic carbocycles. The Morgan fingerprint density at radius 1 is 1.38 bits per heavy atom. The zero-order chi connectivity index (χ0) is 15.2. The van der Waals surface area contributed by atoms with Crippen molar-refractivity contribution >= 4 is 0 Å².